The Morgan fingerprint density at radius 2 is 1.95 bits per heavy atom. The van der Waals surface area contributed by atoms with Crippen LogP contribution in [0.3, 0.4) is 0 Å². The van der Waals surface area contributed by atoms with Crippen LogP contribution in [0.2, 0.25) is 0 Å². The van der Waals surface area contributed by atoms with Gasteiger partial charge in [-0.1, -0.05) is 28.1 Å². The fraction of sp³-hybridized carbons (Fsp3) is 0.143. The first-order chi connectivity index (χ1) is 9.10. The average molecular weight is 388 g/mol. The van der Waals surface area contributed by atoms with Crippen LogP contribution in [-0.2, 0) is 0 Å². The highest BCUT2D eigenvalue weighted by Gasteiger charge is 2.10. The third kappa shape index (κ3) is 3.78. The van der Waals surface area contributed by atoms with Crippen molar-refractivity contribution >= 4 is 37.5 Å². The summed E-state index contributed by atoms with van der Waals surface area (Å²) in [5, 5.41) is 3.30. The van der Waals surface area contributed by atoms with Crippen LogP contribution in [0.4, 0.5) is 10.1 Å². The van der Waals surface area contributed by atoms with E-state index >= 15 is 0 Å². The van der Waals surface area contributed by atoms with Crippen molar-refractivity contribution in [1.82, 2.24) is 0 Å². The van der Waals surface area contributed by atoms with Gasteiger partial charge in [-0.2, -0.15) is 0 Å². The van der Waals surface area contributed by atoms with Gasteiger partial charge in [-0.05, 0) is 51.8 Å². The van der Waals surface area contributed by atoms with E-state index in [-0.39, 0.29) is 11.9 Å². The Morgan fingerprint density at radius 3 is 2.58 bits per heavy atom. The van der Waals surface area contributed by atoms with Crippen LogP contribution in [0.25, 0.3) is 0 Å². The molecule has 0 aliphatic rings. The normalized spacial score (nSPS) is 12.2. The van der Waals surface area contributed by atoms with Gasteiger partial charge in [0.2, 0.25) is 0 Å². The molecule has 3 N–H and O–H groups in total. The van der Waals surface area contributed by atoms with E-state index in [4.69, 9.17) is 5.73 Å². The van der Waals surface area contributed by atoms with Crippen molar-refractivity contribution in [2.75, 3.05) is 11.9 Å². The number of nitrogens with one attached hydrogen (secondary N) is 1. The van der Waals surface area contributed by atoms with E-state index in [1.807, 2.05) is 24.3 Å². The van der Waals surface area contributed by atoms with Gasteiger partial charge in [0.1, 0.15) is 5.82 Å². The van der Waals surface area contributed by atoms with E-state index in [0.717, 1.165) is 15.7 Å². The molecule has 0 aromatic heterocycles. The van der Waals surface area contributed by atoms with E-state index in [9.17, 15) is 4.39 Å². The Labute approximate surface area is 128 Å². The lowest BCUT2D eigenvalue weighted by Crippen LogP contribution is -2.20. The minimum Gasteiger partial charge on any atom is -0.377 e. The van der Waals surface area contributed by atoms with Crippen molar-refractivity contribution in [1.29, 1.82) is 0 Å². The van der Waals surface area contributed by atoms with Crippen LogP contribution in [0.5, 0.6) is 0 Å². The number of rotatable bonds is 4. The fourth-order valence-corrected chi connectivity index (χ4v) is 2.58. The van der Waals surface area contributed by atoms with Gasteiger partial charge in [-0.15, -0.1) is 0 Å². The van der Waals surface area contributed by atoms with Crippen LogP contribution in [0.15, 0.2) is 51.4 Å². The Morgan fingerprint density at radius 1 is 1.16 bits per heavy atom. The van der Waals surface area contributed by atoms with E-state index in [1.54, 1.807) is 12.1 Å². The molecule has 0 radical (unpaired) electrons. The highest BCUT2D eigenvalue weighted by molar-refractivity contribution is 9.10. The standard InChI is InChI=1S/C14H13Br2FN2/c15-10-3-1-2-9(6-10)14(8-18)19-11-4-5-13(17)12(16)7-11/h1-7,14,19H,8,18H2. The molecule has 0 saturated heterocycles. The average Bonchev–Trinajstić information content (AvgIpc) is 2.40. The van der Waals surface area contributed by atoms with Crippen LogP contribution in [0.1, 0.15) is 11.6 Å². The van der Waals surface area contributed by atoms with Gasteiger partial charge < -0.3 is 11.1 Å². The molecule has 0 bridgehead atoms. The second kappa shape index (κ2) is 6.50. The molecule has 2 rings (SSSR count). The minimum absolute atomic E-state index is 0.0186. The first-order valence-corrected chi connectivity index (χ1v) is 7.36. The number of halogens is 3. The largest absolute Gasteiger partial charge is 0.377 e. The molecule has 0 heterocycles. The van der Waals surface area contributed by atoms with Crippen molar-refractivity contribution in [2.45, 2.75) is 6.04 Å². The van der Waals surface area contributed by atoms with E-state index in [1.165, 1.54) is 6.07 Å². The van der Waals surface area contributed by atoms with Gasteiger partial charge >= 0.3 is 0 Å². The third-order valence-corrected chi connectivity index (χ3v) is 3.85. The molecule has 0 aliphatic heterocycles. The Bertz CT molecular complexity index is 575. The quantitative estimate of drug-likeness (QED) is 0.812. The maximum atomic E-state index is 13.2. The second-order valence-corrected chi connectivity index (χ2v) is 5.89. The molecule has 0 saturated carbocycles. The van der Waals surface area contributed by atoms with Crippen molar-refractivity contribution in [3.8, 4) is 0 Å². The minimum atomic E-state index is -0.280. The molecule has 0 spiro atoms. The Hall–Kier alpha value is -0.910. The summed E-state index contributed by atoms with van der Waals surface area (Å²) in [6.07, 6.45) is 0. The summed E-state index contributed by atoms with van der Waals surface area (Å²) in [7, 11) is 0. The van der Waals surface area contributed by atoms with Crippen molar-refractivity contribution in [3.05, 3.63) is 62.8 Å². The van der Waals surface area contributed by atoms with Crippen molar-refractivity contribution < 1.29 is 4.39 Å². The first-order valence-electron chi connectivity index (χ1n) is 5.77. The number of hydrogen-bond acceptors (Lipinski definition) is 2. The van der Waals surface area contributed by atoms with Crippen LogP contribution < -0.4 is 11.1 Å². The summed E-state index contributed by atoms with van der Waals surface area (Å²) in [5.41, 5.74) is 7.71. The Kier molecular flexibility index (Phi) is 4.96. The number of hydrogen-bond donors (Lipinski definition) is 2. The summed E-state index contributed by atoms with van der Waals surface area (Å²) in [6, 6.07) is 12.7. The zero-order valence-electron chi connectivity index (χ0n) is 10.0. The maximum absolute atomic E-state index is 13.2. The third-order valence-electron chi connectivity index (χ3n) is 2.75. The smallest absolute Gasteiger partial charge is 0.137 e. The first kappa shape index (κ1) is 14.5. The Balaban J connectivity index is 2.21. The lowest BCUT2D eigenvalue weighted by molar-refractivity contribution is 0.621. The van der Waals surface area contributed by atoms with Crippen molar-refractivity contribution in [2.24, 2.45) is 5.73 Å². The molecule has 1 atom stereocenters. The predicted octanol–water partition coefficient (Wildman–Crippen LogP) is 4.46. The van der Waals surface area contributed by atoms with E-state index < -0.39 is 0 Å². The summed E-state index contributed by atoms with van der Waals surface area (Å²) in [5.74, 6) is -0.280. The topological polar surface area (TPSA) is 38.0 Å². The van der Waals surface area contributed by atoms with Crippen LogP contribution >= 0.6 is 31.9 Å². The molecule has 2 nitrogen and oxygen atoms in total. The number of nitrogens with two attached hydrogens (primary N) is 1. The molecule has 1 unspecified atom stereocenters. The predicted molar refractivity (Wildman–Crippen MR) is 83.7 cm³/mol. The molecular weight excluding hydrogens is 375 g/mol. The fourth-order valence-electron chi connectivity index (χ4n) is 1.79. The van der Waals surface area contributed by atoms with Crippen LogP contribution in [0, 0.1) is 5.82 Å². The molecule has 0 aliphatic carbocycles. The van der Waals surface area contributed by atoms with Gasteiger partial charge in [0.25, 0.3) is 0 Å². The molecule has 5 heteroatoms. The second-order valence-electron chi connectivity index (χ2n) is 4.12. The van der Waals surface area contributed by atoms with Gasteiger partial charge in [0, 0.05) is 16.7 Å². The molecular formula is C14H13Br2FN2. The molecule has 0 fully saturated rings. The maximum Gasteiger partial charge on any atom is 0.137 e. The molecule has 100 valence electrons. The van der Waals surface area contributed by atoms with Gasteiger partial charge in [0.15, 0.2) is 0 Å². The summed E-state index contributed by atoms with van der Waals surface area (Å²) >= 11 is 6.61. The lowest BCUT2D eigenvalue weighted by atomic mass is 10.1. The zero-order valence-corrected chi connectivity index (χ0v) is 13.2. The van der Waals surface area contributed by atoms with Gasteiger partial charge in [-0.25, -0.2) is 4.39 Å². The lowest BCUT2D eigenvalue weighted by Gasteiger charge is -2.19. The van der Waals surface area contributed by atoms with Crippen LogP contribution in [-0.4, -0.2) is 6.54 Å². The van der Waals surface area contributed by atoms with Gasteiger partial charge in [0.05, 0.1) is 10.5 Å². The number of benzene rings is 2. The monoisotopic (exact) mass is 386 g/mol. The molecule has 2 aromatic rings. The molecule has 0 amide bonds. The summed E-state index contributed by atoms with van der Waals surface area (Å²) < 4.78 is 14.6. The zero-order chi connectivity index (χ0) is 13.8. The molecule has 2 aromatic carbocycles. The highest BCUT2D eigenvalue weighted by Crippen LogP contribution is 2.25. The summed E-state index contributed by atoms with van der Waals surface area (Å²) in [4.78, 5) is 0. The number of anilines is 1. The highest BCUT2D eigenvalue weighted by atomic mass is 79.9. The van der Waals surface area contributed by atoms with Gasteiger partial charge in [-0.3, -0.25) is 0 Å². The van der Waals surface area contributed by atoms with Crippen molar-refractivity contribution in [3.63, 3.8) is 0 Å². The molecule has 19 heavy (non-hydrogen) atoms. The summed E-state index contributed by atoms with van der Waals surface area (Å²) in [6.45, 7) is 0.450. The van der Waals surface area contributed by atoms with E-state index in [0.29, 0.717) is 11.0 Å². The SMILES string of the molecule is NCC(Nc1ccc(F)c(Br)c1)c1cccc(Br)c1. The van der Waals surface area contributed by atoms with E-state index in [2.05, 4.69) is 37.2 Å².